The molecule has 9 heteroatoms. The molecule has 3 heterocycles. The van der Waals surface area contributed by atoms with Crippen molar-refractivity contribution in [3.05, 3.63) is 82.7 Å². The fourth-order valence-corrected chi connectivity index (χ4v) is 6.07. The van der Waals surface area contributed by atoms with Crippen molar-refractivity contribution in [1.82, 2.24) is 20.1 Å². The molecule has 0 radical (unpaired) electrons. The summed E-state index contributed by atoms with van der Waals surface area (Å²) in [5.74, 6) is -1.46. The summed E-state index contributed by atoms with van der Waals surface area (Å²) >= 11 is 0. The second kappa shape index (κ2) is 9.01. The van der Waals surface area contributed by atoms with Crippen molar-refractivity contribution >= 4 is 28.8 Å². The van der Waals surface area contributed by atoms with Gasteiger partial charge in [0.2, 0.25) is 5.91 Å². The Labute approximate surface area is 220 Å². The number of anilines is 1. The first-order chi connectivity index (χ1) is 18.3. The van der Waals surface area contributed by atoms with Crippen LogP contribution in [0.3, 0.4) is 0 Å². The van der Waals surface area contributed by atoms with Gasteiger partial charge in [-0.1, -0.05) is 6.07 Å². The lowest BCUT2D eigenvalue weighted by Gasteiger charge is -2.29. The third-order valence-electron chi connectivity index (χ3n) is 8.12. The zero-order chi connectivity index (χ0) is 26.6. The van der Waals surface area contributed by atoms with Crippen molar-refractivity contribution < 1.29 is 14.0 Å². The summed E-state index contributed by atoms with van der Waals surface area (Å²) in [6.07, 6.45) is 5.77. The SMILES string of the molecule is CC1=NCC(C)=C1c1ccc(NC(=O)[C@@H](NC(=O)c2ccnn2C)C2c3cc(F)ccc3CC23CC3)cn1. The van der Waals surface area contributed by atoms with Gasteiger partial charge in [-0.3, -0.25) is 24.2 Å². The van der Waals surface area contributed by atoms with Crippen LogP contribution in [0.5, 0.6) is 0 Å². The second-order valence-electron chi connectivity index (χ2n) is 10.6. The Kier molecular flexibility index (Phi) is 5.74. The van der Waals surface area contributed by atoms with E-state index in [2.05, 4.69) is 25.7 Å². The quantitative estimate of drug-likeness (QED) is 0.520. The van der Waals surface area contributed by atoms with Crippen LogP contribution in [-0.2, 0) is 18.3 Å². The first kappa shape index (κ1) is 24.2. The van der Waals surface area contributed by atoms with E-state index >= 15 is 0 Å². The number of hydrogen-bond donors (Lipinski definition) is 2. The van der Waals surface area contributed by atoms with Gasteiger partial charge in [0, 0.05) is 30.4 Å². The Morgan fingerprint density at radius 2 is 1.97 bits per heavy atom. The molecule has 38 heavy (non-hydrogen) atoms. The van der Waals surface area contributed by atoms with E-state index in [4.69, 9.17) is 0 Å². The van der Waals surface area contributed by atoms with E-state index in [1.807, 2.05) is 19.9 Å². The number of amides is 2. The van der Waals surface area contributed by atoms with E-state index < -0.39 is 11.9 Å². The number of nitrogens with zero attached hydrogens (tertiary/aromatic N) is 4. The molecular weight excluding hydrogens is 483 g/mol. The minimum absolute atomic E-state index is 0.163. The van der Waals surface area contributed by atoms with Crippen molar-refractivity contribution in [2.45, 2.75) is 45.1 Å². The maximum Gasteiger partial charge on any atom is 0.270 e. The van der Waals surface area contributed by atoms with Gasteiger partial charge in [0.1, 0.15) is 17.6 Å². The highest BCUT2D eigenvalue weighted by Crippen LogP contribution is 2.64. The predicted molar refractivity (Wildman–Crippen MR) is 142 cm³/mol. The van der Waals surface area contributed by atoms with E-state index in [1.165, 1.54) is 23.0 Å². The fourth-order valence-electron chi connectivity index (χ4n) is 6.07. The number of rotatable bonds is 6. The normalized spacial score (nSPS) is 19.8. The number of benzene rings is 1. The molecule has 1 aromatic carbocycles. The van der Waals surface area contributed by atoms with Crippen LogP contribution in [0, 0.1) is 11.2 Å². The second-order valence-corrected chi connectivity index (χ2v) is 10.6. The molecule has 1 spiro atoms. The number of carbonyl (C=O) groups excluding carboxylic acids is 2. The molecule has 1 aliphatic heterocycles. The molecule has 2 aliphatic carbocycles. The molecule has 1 fully saturated rings. The average Bonchev–Trinajstić information content (AvgIpc) is 3.21. The fraction of sp³-hybridized carbons (Fsp3) is 0.345. The van der Waals surface area contributed by atoms with Gasteiger partial charge in [-0.05, 0) is 85.6 Å². The average molecular weight is 513 g/mol. The summed E-state index contributed by atoms with van der Waals surface area (Å²) in [4.78, 5) is 36.1. The molecule has 1 saturated carbocycles. The van der Waals surface area contributed by atoms with Crippen LogP contribution < -0.4 is 10.6 Å². The summed E-state index contributed by atoms with van der Waals surface area (Å²) in [5.41, 5.74) is 6.47. The predicted octanol–water partition coefficient (Wildman–Crippen LogP) is 4.06. The Bertz CT molecular complexity index is 1520. The van der Waals surface area contributed by atoms with E-state index in [0.29, 0.717) is 17.9 Å². The van der Waals surface area contributed by atoms with Gasteiger partial charge in [0.05, 0.1) is 24.1 Å². The molecule has 2 amide bonds. The van der Waals surface area contributed by atoms with Crippen LogP contribution in [0.15, 0.2) is 59.4 Å². The van der Waals surface area contributed by atoms with Crippen LogP contribution >= 0.6 is 0 Å². The Hall–Kier alpha value is -4.14. The molecule has 2 N–H and O–H groups in total. The molecule has 1 unspecified atom stereocenters. The monoisotopic (exact) mass is 512 g/mol. The van der Waals surface area contributed by atoms with Gasteiger partial charge >= 0.3 is 0 Å². The van der Waals surface area contributed by atoms with Crippen molar-refractivity contribution in [1.29, 1.82) is 0 Å². The maximum absolute atomic E-state index is 14.4. The van der Waals surface area contributed by atoms with Gasteiger partial charge in [0.15, 0.2) is 0 Å². The number of hydrogen-bond acceptors (Lipinski definition) is 5. The van der Waals surface area contributed by atoms with E-state index in [0.717, 1.165) is 52.9 Å². The molecule has 6 rings (SSSR count). The zero-order valence-corrected chi connectivity index (χ0v) is 21.6. The minimum Gasteiger partial charge on any atom is -0.338 e. The number of fused-ring (bicyclic) bond motifs is 1. The van der Waals surface area contributed by atoms with Gasteiger partial charge in [-0.25, -0.2) is 4.39 Å². The Morgan fingerprint density at radius 1 is 1.16 bits per heavy atom. The molecule has 3 aliphatic rings. The van der Waals surface area contributed by atoms with Gasteiger partial charge in [-0.15, -0.1) is 0 Å². The van der Waals surface area contributed by atoms with Crippen molar-refractivity contribution in [2.24, 2.45) is 17.5 Å². The smallest absolute Gasteiger partial charge is 0.270 e. The lowest BCUT2D eigenvalue weighted by Crippen LogP contribution is -2.49. The topological polar surface area (TPSA) is 101 Å². The minimum atomic E-state index is -0.906. The van der Waals surface area contributed by atoms with Crippen LogP contribution in [-0.4, -0.2) is 44.9 Å². The van der Waals surface area contributed by atoms with E-state index in [9.17, 15) is 14.0 Å². The van der Waals surface area contributed by atoms with Gasteiger partial charge in [-0.2, -0.15) is 5.10 Å². The molecule has 194 valence electrons. The molecule has 3 aromatic rings. The van der Waals surface area contributed by atoms with Crippen molar-refractivity contribution in [2.75, 3.05) is 11.9 Å². The van der Waals surface area contributed by atoms with Crippen LogP contribution in [0.4, 0.5) is 10.1 Å². The van der Waals surface area contributed by atoms with Gasteiger partial charge in [0.25, 0.3) is 5.91 Å². The largest absolute Gasteiger partial charge is 0.338 e. The summed E-state index contributed by atoms with van der Waals surface area (Å²) in [6.45, 7) is 4.68. The number of aromatic nitrogens is 3. The van der Waals surface area contributed by atoms with Crippen molar-refractivity contribution in [3.63, 3.8) is 0 Å². The lowest BCUT2D eigenvalue weighted by atomic mass is 9.82. The van der Waals surface area contributed by atoms with E-state index in [-0.39, 0.29) is 23.1 Å². The Balaban J connectivity index is 1.31. The Morgan fingerprint density at radius 3 is 2.61 bits per heavy atom. The number of pyridine rings is 1. The first-order valence-corrected chi connectivity index (χ1v) is 12.8. The molecule has 0 saturated heterocycles. The molecule has 2 aromatic heterocycles. The number of aliphatic imine (C=N–C) groups is 1. The number of aryl methyl sites for hydroxylation is 1. The van der Waals surface area contributed by atoms with Gasteiger partial charge < -0.3 is 10.6 Å². The number of nitrogens with one attached hydrogen (secondary N) is 2. The maximum atomic E-state index is 14.4. The summed E-state index contributed by atoms with van der Waals surface area (Å²) in [5, 5.41) is 10.0. The van der Waals surface area contributed by atoms with Crippen LogP contribution in [0.25, 0.3) is 5.57 Å². The van der Waals surface area contributed by atoms with E-state index in [1.54, 1.807) is 31.4 Å². The number of allylic oxidation sites excluding steroid dienone is 1. The van der Waals surface area contributed by atoms with Crippen molar-refractivity contribution in [3.8, 4) is 0 Å². The summed E-state index contributed by atoms with van der Waals surface area (Å²) in [7, 11) is 1.67. The third-order valence-corrected chi connectivity index (χ3v) is 8.12. The summed E-state index contributed by atoms with van der Waals surface area (Å²) < 4.78 is 15.8. The molecule has 2 atom stereocenters. The zero-order valence-electron chi connectivity index (χ0n) is 21.6. The van der Waals surface area contributed by atoms with Crippen LogP contribution in [0.2, 0.25) is 0 Å². The standard InChI is InChI=1S/C29H29FN6O2/c1-16-14-31-17(2)24(16)22-7-6-20(15-32-22)34-28(38)26(35-27(37)23-8-11-33-36(23)3)25-21-12-19(30)5-4-18(21)13-29(25)9-10-29/h4-8,11-12,15,25-26H,9-10,13-14H2,1-3H3,(H,34,38)(H,35,37)/t25?,26-/m0/s1. The highest BCUT2D eigenvalue weighted by molar-refractivity contribution is 6.24. The lowest BCUT2D eigenvalue weighted by molar-refractivity contribution is -0.118. The first-order valence-electron chi connectivity index (χ1n) is 12.8. The molecule has 8 nitrogen and oxygen atoms in total. The summed E-state index contributed by atoms with van der Waals surface area (Å²) in [6, 6.07) is 9.15. The van der Waals surface area contributed by atoms with Crippen LogP contribution in [0.1, 0.15) is 59.9 Å². The molecular formula is C29H29FN6O2. The third kappa shape index (κ3) is 4.12. The highest BCUT2D eigenvalue weighted by atomic mass is 19.1. The molecule has 0 bridgehead atoms. The number of carbonyl (C=O) groups is 2. The highest BCUT2D eigenvalue weighted by Gasteiger charge is 2.58. The number of halogens is 1.